The van der Waals surface area contributed by atoms with Crippen LogP contribution >= 0.6 is 23.2 Å². The number of benzene rings is 2. The van der Waals surface area contributed by atoms with Gasteiger partial charge >= 0.3 is 29.6 Å². The van der Waals surface area contributed by atoms with Crippen LogP contribution in [-0.2, 0) is 13.0 Å². The summed E-state index contributed by atoms with van der Waals surface area (Å²) in [5.74, 6) is -1.55. The van der Waals surface area contributed by atoms with Crippen molar-refractivity contribution in [1.82, 2.24) is 4.57 Å². The van der Waals surface area contributed by atoms with Crippen molar-refractivity contribution in [2.45, 2.75) is 13.0 Å². The molecule has 1 aromatic heterocycles. The molecule has 0 saturated carbocycles. The van der Waals surface area contributed by atoms with Crippen molar-refractivity contribution in [1.29, 1.82) is 0 Å². The molecule has 0 saturated heterocycles. The summed E-state index contributed by atoms with van der Waals surface area (Å²) in [7, 11) is 0. The van der Waals surface area contributed by atoms with Crippen molar-refractivity contribution < 1.29 is 44.6 Å². The number of aromatic carboxylic acids is 1. The Morgan fingerprint density at radius 3 is 2.59 bits per heavy atom. The number of hydrogen-bond donors (Lipinski definition) is 1. The van der Waals surface area contributed by atoms with Crippen molar-refractivity contribution in [2.24, 2.45) is 0 Å². The molecule has 0 spiro atoms. The van der Waals surface area contributed by atoms with Gasteiger partial charge < -0.3 is 19.6 Å². The molecule has 0 aliphatic heterocycles. The molecule has 0 unspecified atom stereocenters. The Morgan fingerprint density at radius 2 is 1.93 bits per heavy atom. The molecule has 0 radical (unpaired) electrons. The third-order valence-electron chi connectivity index (χ3n) is 4.13. The van der Waals surface area contributed by atoms with Crippen LogP contribution < -0.4 is 40.1 Å². The summed E-state index contributed by atoms with van der Waals surface area (Å²) in [6, 6.07) is 10.5. The summed E-state index contributed by atoms with van der Waals surface area (Å²) >= 11 is 12.2. The molecule has 3 aromatic rings. The van der Waals surface area contributed by atoms with E-state index in [-0.39, 0.29) is 48.1 Å². The van der Waals surface area contributed by atoms with Gasteiger partial charge in [-0.2, -0.15) is 0 Å². The normalized spacial score (nSPS) is 10.6. The number of carbonyl (C=O) groups excluding carboxylic acids is 1. The number of halogens is 2. The van der Waals surface area contributed by atoms with Crippen molar-refractivity contribution in [3.05, 3.63) is 79.6 Å². The van der Waals surface area contributed by atoms with Gasteiger partial charge in [0, 0.05) is 18.1 Å². The van der Waals surface area contributed by atoms with E-state index in [1.165, 1.54) is 10.8 Å². The summed E-state index contributed by atoms with van der Waals surface area (Å²) in [4.78, 5) is 23.8. The molecule has 2 aromatic carbocycles. The van der Waals surface area contributed by atoms with Crippen LogP contribution in [0.15, 0.2) is 47.4 Å². The van der Waals surface area contributed by atoms with E-state index < -0.39 is 17.0 Å². The Labute approximate surface area is 187 Å². The second kappa shape index (κ2) is 9.24. The average Bonchev–Trinajstić information content (AvgIpc) is 2.61. The second-order valence-electron chi connectivity index (χ2n) is 5.82. The molecule has 5 nitrogen and oxygen atoms in total. The molecule has 0 bridgehead atoms. The Balaban J connectivity index is 0.00000261. The van der Waals surface area contributed by atoms with Crippen molar-refractivity contribution in [3.63, 3.8) is 0 Å². The third-order valence-corrected chi connectivity index (χ3v) is 4.99. The fourth-order valence-corrected chi connectivity index (χ4v) is 3.28. The smallest absolute Gasteiger partial charge is 0.545 e. The Hall–Kier alpha value is -1.34. The molecule has 0 amide bonds. The van der Waals surface area contributed by atoms with Gasteiger partial charge in [-0.05, 0) is 35.7 Å². The van der Waals surface area contributed by atoms with E-state index in [1.807, 2.05) is 12.1 Å². The maximum Gasteiger partial charge on any atom is 1.00 e. The molecular weight excluding hydrogens is 400 g/mol. The molecule has 0 aliphatic rings. The van der Waals surface area contributed by atoms with Gasteiger partial charge in [0.15, 0.2) is 5.43 Å². The van der Waals surface area contributed by atoms with Gasteiger partial charge in [-0.25, -0.2) is 0 Å². The third kappa shape index (κ3) is 4.57. The maximum atomic E-state index is 12.5. The summed E-state index contributed by atoms with van der Waals surface area (Å²) in [5, 5.41) is 21.6. The standard InChI is InChI=1S/C19H15Cl2NO4.Na/c20-15-3-1-2-12(17(15)21)8-11-4-5-16-13(9-11)18(24)14(19(25)26)10-22(16)6-7-23;/h1-5,9-10,23H,6-8H2,(H,25,26);/q;+1/p-1. The van der Waals surface area contributed by atoms with Gasteiger partial charge in [-0.3, -0.25) is 4.79 Å². The van der Waals surface area contributed by atoms with Gasteiger partial charge in [-0.15, -0.1) is 0 Å². The van der Waals surface area contributed by atoms with Crippen LogP contribution in [0.1, 0.15) is 21.5 Å². The van der Waals surface area contributed by atoms with Crippen LogP contribution in [-0.4, -0.2) is 22.2 Å². The molecule has 1 N–H and O–H groups in total. The van der Waals surface area contributed by atoms with Gasteiger partial charge in [0.1, 0.15) is 0 Å². The predicted octanol–water partition coefficient (Wildman–Crippen LogP) is -0.741. The molecule has 3 rings (SSSR count). The van der Waals surface area contributed by atoms with Crippen LogP contribution in [0.4, 0.5) is 0 Å². The largest absolute Gasteiger partial charge is 1.00 e. The number of aliphatic hydroxyl groups excluding tert-OH is 1. The number of nitrogens with zero attached hydrogens (tertiary/aromatic N) is 1. The number of pyridine rings is 1. The van der Waals surface area contributed by atoms with Crippen LogP contribution in [0.3, 0.4) is 0 Å². The first-order valence-electron chi connectivity index (χ1n) is 7.83. The number of fused-ring (bicyclic) bond motifs is 1. The molecule has 1 heterocycles. The predicted molar refractivity (Wildman–Crippen MR) is 98.9 cm³/mol. The van der Waals surface area contributed by atoms with Gasteiger partial charge in [0.2, 0.25) is 0 Å². The number of aromatic nitrogens is 1. The molecule has 0 fully saturated rings. The van der Waals surface area contributed by atoms with Crippen molar-refractivity contribution in [2.75, 3.05) is 6.61 Å². The molecule has 134 valence electrons. The quantitative estimate of drug-likeness (QED) is 0.558. The maximum absolute atomic E-state index is 12.5. The minimum absolute atomic E-state index is 0. The first-order valence-corrected chi connectivity index (χ1v) is 8.59. The zero-order chi connectivity index (χ0) is 18.8. The zero-order valence-corrected chi connectivity index (χ0v) is 18.0. The van der Waals surface area contributed by atoms with E-state index in [0.29, 0.717) is 22.0 Å². The summed E-state index contributed by atoms with van der Waals surface area (Å²) in [5.41, 5.74) is 1.06. The van der Waals surface area contributed by atoms with Gasteiger partial charge in [0.05, 0.1) is 33.7 Å². The van der Waals surface area contributed by atoms with E-state index in [2.05, 4.69) is 0 Å². The molecular formula is C19H14Cl2NNaO4. The number of aliphatic hydroxyl groups is 1. The summed E-state index contributed by atoms with van der Waals surface area (Å²) in [6.07, 6.45) is 1.63. The number of carboxylic acids is 1. The van der Waals surface area contributed by atoms with Gasteiger partial charge in [0.25, 0.3) is 0 Å². The van der Waals surface area contributed by atoms with Crippen LogP contribution in [0, 0.1) is 0 Å². The second-order valence-corrected chi connectivity index (χ2v) is 6.60. The fraction of sp³-hybridized carbons (Fsp3) is 0.158. The minimum atomic E-state index is -1.55. The zero-order valence-electron chi connectivity index (χ0n) is 14.5. The average molecular weight is 414 g/mol. The number of carboxylic acid groups (broad SMARTS) is 1. The van der Waals surface area contributed by atoms with E-state index in [1.54, 1.807) is 24.3 Å². The first-order chi connectivity index (χ1) is 12.4. The van der Waals surface area contributed by atoms with E-state index in [4.69, 9.17) is 23.2 Å². The Bertz CT molecular complexity index is 1070. The van der Waals surface area contributed by atoms with Crippen LogP contribution in [0.5, 0.6) is 0 Å². The molecule has 0 atom stereocenters. The molecule has 8 heteroatoms. The molecule has 27 heavy (non-hydrogen) atoms. The Morgan fingerprint density at radius 1 is 1.19 bits per heavy atom. The van der Waals surface area contributed by atoms with Crippen LogP contribution in [0.2, 0.25) is 10.0 Å². The number of hydrogen-bond acceptors (Lipinski definition) is 4. The van der Waals surface area contributed by atoms with E-state index >= 15 is 0 Å². The number of carbonyl (C=O) groups is 1. The van der Waals surface area contributed by atoms with E-state index in [0.717, 1.165) is 11.1 Å². The van der Waals surface area contributed by atoms with Crippen molar-refractivity contribution in [3.8, 4) is 0 Å². The van der Waals surface area contributed by atoms with Crippen molar-refractivity contribution >= 4 is 40.1 Å². The SMILES string of the molecule is O=C([O-])c1cn(CCO)c2ccc(Cc3cccc(Cl)c3Cl)cc2c1=O.[Na+]. The molecule has 0 aliphatic carbocycles. The Kier molecular flexibility index (Phi) is 7.51. The minimum Gasteiger partial charge on any atom is -0.545 e. The fourth-order valence-electron chi connectivity index (χ4n) is 2.90. The first kappa shape index (κ1) is 22.0. The van der Waals surface area contributed by atoms with Gasteiger partial charge in [-0.1, -0.05) is 41.4 Å². The number of rotatable bonds is 5. The topological polar surface area (TPSA) is 82.4 Å². The summed E-state index contributed by atoms with van der Waals surface area (Å²) < 4.78 is 1.53. The summed E-state index contributed by atoms with van der Waals surface area (Å²) in [6.45, 7) is -0.0269. The van der Waals surface area contributed by atoms with E-state index in [9.17, 15) is 19.8 Å². The van der Waals surface area contributed by atoms with Crippen LogP contribution in [0.25, 0.3) is 10.9 Å². The monoisotopic (exact) mass is 413 g/mol.